The van der Waals surface area contributed by atoms with Crippen molar-refractivity contribution in [3.8, 4) is 0 Å². The first kappa shape index (κ1) is 7.14. The zero-order valence-corrected chi connectivity index (χ0v) is 4.68. The summed E-state index contributed by atoms with van der Waals surface area (Å²) >= 11 is 0. The van der Waals surface area contributed by atoms with Gasteiger partial charge in [-0.1, -0.05) is 0 Å². The lowest BCUT2D eigenvalue weighted by molar-refractivity contribution is -0.235. The van der Waals surface area contributed by atoms with E-state index in [2.05, 4.69) is 13.8 Å². The Hall–Kier alpha value is -0.860. The Kier molecular flexibility index (Phi) is 2.84. The zero-order valence-electron chi connectivity index (χ0n) is 4.68. The molecular formula is C5H9N2O. The molecule has 0 saturated heterocycles. The summed E-state index contributed by atoms with van der Waals surface area (Å²) in [6, 6.07) is -0.713. The van der Waals surface area contributed by atoms with Gasteiger partial charge in [-0.3, -0.25) is 5.41 Å². The Morgan fingerprint density at radius 2 is 2.38 bits per heavy atom. The van der Waals surface area contributed by atoms with Gasteiger partial charge in [0.15, 0.2) is 6.54 Å². The molecular weight excluding hydrogens is 104 g/mol. The maximum atomic E-state index is 10.1. The highest BCUT2D eigenvalue weighted by atomic mass is 16.3. The SMILES string of the molecule is [CH2]CN(C[CH2+])C(=N)[O-]. The summed E-state index contributed by atoms with van der Waals surface area (Å²) in [7, 11) is 0. The van der Waals surface area contributed by atoms with E-state index in [0.29, 0.717) is 13.1 Å². The fraction of sp³-hybridized carbons (Fsp3) is 0.400. The highest BCUT2D eigenvalue weighted by Gasteiger charge is 1.95. The van der Waals surface area contributed by atoms with Crippen molar-refractivity contribution in [2.75, 3.05) is 13.1 Å². The van der Waals surface area contributed by atoms with E-state index in [1.165, 1.54) is 4.90 Å². The van der Waals surface area contributed by atoms with Gasteiger partial charge in [0, 0.05) is 12.6 Å². The van der Waals surface area contributed by atoms with E-state index >= 15 is 0 Å². The van der Waals surface area contributed by atoms with Crippen LogP contribution in [-0.2, 0) is 0 Å². The summed E-state index contributed by atoms with van der Waals surface area (Å²) in [4.78, 5) is 1.22. The predicted molar refractivity (Wildman–Crippen MR) is 30.0 cm³/mol. The number of hydrogen-bond acceptors (Lipinski definition) is 2. The van der Waals surface area contributed by atoms with Gasteiger partial charge in [-0.2, -0.15) is 0 Å². The lowest BCUT2D eigenvalue weighted by Gasteiger charge is -2.21. The van der Waals surface area contributed by atoms with Crippen molar-refractivity contribution < 1.29 is 5.11 Å². The van der Waals surface area contributed by atoms with Crippen molar-refractivity contribution in [3.05, 3.63) is 13.8 Å². The van der Waals surface area contributed by atoms with Gasteiger partial charge >= 0.3 is 0 Å². The molecule has 0 rings (SSSR count). The average molecular weight is 113 g/mol. The fourth-order valence-electron chi connectivity index (χ4n) is 0.315. The second-order valence-corrected chi connectivity index (χ2v) is 1.29. The van der Waals surface area contributed by atoms with Gasteiger partial charge in [0.1, 0.15) is 0 Å². The van der Waals surface area contributed by atoms with Gasteiger partial charge in [0.25, 0.3) is 0 Å². The molecule has 0 bridgehead atoms. The highest BCUT2D eigenvalue weighted by molar-refractivity contribution is 5.65. The molecule has 0 aromatic heterocycles. The average Bonchev–Trinajstić information content (AvgIpc) is 1.69. The Morgan fingerprint density at radius 3 is 2.38 bits per heavy atom. The van der Waals surface area contributed by atoms with Crippen LogP contribution in [0.3, 0.4) is 0 Å². The molecule has 1 N–H and O–H groups in total. The first-order valence-corrected chi connectivity index (χ1v) is 2.31. The summed E-state index contributed by atoms with van der Waals surface area (Å²) in [6.07, 6.45) is 0. The van der Waals surface area contributed by atoms with E-state index < -0.39 is 6.02 Å². The number of nitrogens with zero attached hydrogens (tertiary/aromatic N) is 1. The smallest absolute Gasteiger partial charge is 0.157 e. The van der Waals surface area contributed by atoms with Crippen LogP contribution in [-0.4, -0.2) is 24.0 Å². The number of nitrogens with one attached hydrogen (secondary N) is 1. The first-order valence-electron chi connectivity index (χ1n) is 2.31. The third-order valence-electron chi connectivity index (χ3n) is 0.827. The Balaban J connectivity index is 3.52. The van der Waals surface area contributed by atoms with Crippen molar-refractivity contribution in [2.24, 2.45) is 0 Å². The van der Waals surface area contributed by atoms with E-state index in [0.717, 1.165) is 0 Å². The second-order valence-electron chi connectivity index (χ2n) is 1.29. The molecule has 0 aromatic carbocycles. The Bertz CT molecular complexity index is 78.5. The third kappa shape index (κ3) is 1.73. The van der Waals surface area contributed by atoms with Crippen molar-refractivity contribution >= 4 is 6.02 Å². The molecule has 0 fully saturated rings. The van der Waals surface area contributed by atoms with Crippen molar-refractivity contribution in [1.82, 2.24) is 4.90 Å². The summed E-state index contributed by atoms with van der Waals surface area (Å²) in [6.45, 7) is 7.50. The maximum absolute atomic E-state index is 10.1. The summed E-state index contributed by atoms with van der Waals surface area (Å²) in [5.74, 6) is 0. The van der Waals surface area contributed by atoms with Crippen LogP contribution in [0.15, 0.2) is 0 Å². The number of rotatable bonds is 2. The third-order valence-corrected chi connectivity index (χ3v) is 0.827. The lowest BCUT2D eigenvalue weighted by atomic mass is 10.6. The molecule has 0 spiro atoms. The highest BCUT2D eigenvalue weighted by Crippen LogP contribution is 1.80. The van der Waals surface area contributed by atoms with Crippen LogP contribution in [0, 0.1) is 19.3 Å². The topological polar surface area (TPSA) is 50.2 Å². The molecule has 0 aliphatic heterocycles. The second kappa shape index (κ2) is 3.18. The first-order chi connectivity index (χ1) is 3.72. The van der Waals surface area contributed by atoms with Crippen molar-refractivity contribution in [1.29, 1.82) is 5.41 Å². The van der Waals surface area contributed by atoms with Gasteiger partial charge < -0.3 is 10.0 Å². The quantitative estimate of drug-likeness (QED) is 0.291. The largest absolute Gasteiger partial charge is 0.846 e. The van der Waals surface area contributed by atoms with Crippen molar-refractivity contribution in [3.63, 3.8) is 0 Å². The Labute approximate surface area is 49.4 Å². The minimum Gasteiger partial charge on any atom is -0.846 e. The van der Waals surface area contributed by atoms with Gasteiger partial charge in [0.2, 0.25) is 0 Å². The van der Waals surface area contributed by atoms with Gasteiger partial charge in [-0.25, -0.2) is 0 Å². The minimum atomic E-state index is -0.713. The van der Waals surface area contributed by atoms with E-state index in [-0.39, 0.29) is 0 Å². The molecule has 3 nitrogen and oxygen atoms in total. The van der Waals surface area contributed by atoms with Gasteiger partial charge in [-0.15, -0.1) is 0 Å². The van der Waals surface area contributed by atoms with Crippen LogP contribution in [0.5, 0.6) is 0 Å². The molecule has 0 atom stereocenters. The molecule has 0 aliphatic rings. The number of amidine groups is 1. The molecule has 0 saturated carbocycles. The van der Waals surface area contributed by atoms with Crippen LogP contribution in [0.1, 0.15) is 0 Å². The van der Waals surface area contributed by atoms with E-state index in [1.807, 2.05) is 0 Å². The molecule has 0 aromatic rings. The van der Waals surface area contributed by atoms with E-state index in [1.54, 1.807) is 0 Å². The minimum absolute atomic E-state index is 0.325. The molecule has 1 radical (unpaired) electrons. The standard InChI is InChI=1S/C5H9N2O/c1-3-7(4-2)5(6)8/h1-4H2,(H-,6,8). The van der Waals surface area contributed by atoms with Crippen molar-refractivity contribution in [2.45, 2.75) is 0 Å². The molecule has 0 aliphatic carbocycles. The maximum Gasteiger partial charge on any atom is 0.157 e. The van der Waals surface area contributed by atoms with E-state index in [4.69, 9.17) is 5.41 Å². The molecule has 8 heavy (non-hydrogen) atoms. The van der Waals surface area contributed by atoms with Crippen LogP contribution >= 0.6 is 0 Å². The van der Waals surface area contributed by atoms with Gasteiger partial charge in [-0.05, 0) is 6.92 Å². The van der Waals surface area contributed by atoms with E-state index in [9.17, 15) is 5.11 Å². The Morgan fingerprint density at radius 1 is 1.88 bits per heavy atom. The van der Waals surface area contributed by atoms with Crippen LogP contribution < -0.4 is 5.11 Å². The molecule has 0 heterocycles. The van der Waals surface area contributed by atoms with Gasteiger partial charge in [0.05, 0.1) is 6.92 Å². The molecule has 45 valence electrons. The normalized spacial score (nSPS) is 8.62. The molecule has 0 unspecified atom stereocenters. The predicted octanol–water partition coefficient (Wildman–Crippen LogP) is -0.748. The summed E-state index contributed by atoms with van der Waals surface area (Å²) in [5, 5.41) is 16.7. The molecule has 3 heteroatoms. The van der Waals surface area contributed by atoms with Crippen LogP contribution in [0.2, 0.25) is 0 Å². The number of hydrogen-bond donors (Lipinski definition) is 1. The summed E-state index contributed by atoms with van der Waals surface area (Å²) in [5.41, 5.74) is 0. The lowest BCUT2D eigenvalue weighted by Crippen LogP contribution is -2.38. The van der Waals surface area contributed by atoms with Crippen LogP contribution in [0.25, 0.3) is 0 Å². The molecule has 0 amide bonds. The fourth-order valence-corrected chi connectivity index (χ4v) is 0.315. The zero-order chi connectivity index (χ0) is 6.57. The monoisotopic (exact) mass is 113 g/mol. The van der Waals surface area contributed by atoms with Crippen LogP contribution in [0.4, 0.5) is 0 Å². The summed E-state index contributed by atoms with van der Waals surface area (Å²) < 4.78 is 0.